The van der Waals surface area contributed by atoms with Crippen LogP contribution >= 0.6 is 11.3 Å². The Morgan fingerprint density at radius 3 is 2.38 bits per heavy atom. The number of halogens is 3. The highest BCUT2D eigenvalue weighted by molar-refractivity contribution is 7.15. The van der Waals surface area contributed by atoms with Gasteiger partial charge in [0.15, 0.2) is 5.13 Å². The van der Waals surface area contributed by atoms with Crippen molar-refractivity contribution in [3.63, 3.8) is 0 Å². The highest BCUT2D eigenvalue weighted by Gasteiger charge is 2.34. The summed E-state index contributed by atoms with van der Waals surface area (Å²) in [4.78, 5) is 7.21. The van der Waals surface area contributed by atoms with E-state index in [4.69, 9.17) is 0 Å². The maximum absolute atomic E-state index is 12.7. The Morgan fingerprint density at radius 1 is 1.12 bits per heavy atom. The molecule has 2 aromatic rings. The predicted octanol–water partition coefficient (Wildman–Crippen LogP) is 3.02. The van der Waals surface area contributed by atoms with Crippen LogP contribution in [0.5, 0.6) is 0 Å². The number of aromatic nitrogens is 1. The molecule has 1 aromatic heterocycles. The van der Waals surface area contributed by atoms with E-state index in [2.05, 4.69) is 9.88 Å². The van der Waals surface area contributed by atoms with Crippen LogP contribution in [0.3, 0.4) is 0 Å². The average molecular weight is 357 g/mol. The lowest BCUT2D eigenvalue weighted by Crippen LogP contribution is -2.47. The first-order valence-corrected chi connectivity index (χ1v) is 8.48. The lowest BCUT2D eigenvalue weighted by Gasteiger charge is -2.35. The zero-order valence-electron chi connectivity index (χ0n) is 12.9. The van der Waals surface area contributed by atoms with E-state index in [1.54, 1.807) is 0 Å². The van der Waals surface area contributed by atoms with Crippen LogP contribution < -0.4 is 4.90 Å². The minimum atomic E-state index is -4.34. The maximum Gasteiger partial charge on any atom is 0.427 e. The van der Waals surface area contributed by atoms with Gasteiger partial charge in [-0.25, -0.2) is 4.98 Å². The van der Waals surface area contributed by atoms with E-state index in [0.717, 1.165) is 11.8 Å². The van der Waals surface area contributed by atoms with E-state index in [0.29, 0.717) is 49.2 Å². The smallest absolute Gasteiger partial charge is 0.387 e. The fourth-order valence-corrected chi connectivity index (χ4v) is 3.52. The molecule has 1 aliphatic heterocycles. The molecule has 1 N–H and O–H groups in total. The number of piperazine rings is 1. The molecule has 1 fully saturated rings. The largest absolute Gasteiger partial charge is 0.427 e. The van der Waals surface area contributed by atoms with E-state index in [1.807, 2.05) is 35.2 Å². The van der Waals surface area contributed by atoms with Gasteiger partial charge in [0.25, 0.3) is 0 Å². The number of aliphatic hydroxyl groups is 1. The van der Waals surface area contributed by atoms with E-state index in [1.165, 1.54) is 0 Å². The molecule has 2 heterocycles. The summed E-state index contributed by atoms with van der Waals surface area (Å²) >= 11 is 0.680. The highest BCUT2D eigenvalue weighted by Crippen LogP contribution is 2.36. The quantitative estimate of drug-likeness (QED) is 0.913. The molecular weight excluding hydrogens is 339 g/mol. The Kier molecular flexibility index (Phi) is 5.07. The number of nitrogens with zero attached hydrogens (tertiary/aromatic N) is 3. The summed E-state index contributed by atoms with van der Waals surface area (Å²) in [6, 6.07) is 9.44. The summed E-state index contributed by atoms with van der Waals surface area (Å²) in [5.41, 5.74) is 0.870. The first-order chi connectivity index (χ1) is 11.4. The third kappa shape index (κ3) is 4.06. The van der Waals surface area contributed by atoms with Gasteiger partial charge in [0, 0.05) is 32.7 Å². The third-order valence-corrected chi connectivity index (χ3v) is 5.13. The molecule has 130 valence electrons. The molecule has 0 radical (unpaired) electrons. The van der Waals surface area contributed by atoms with Crippen LogP contribution in [0.4, 0.5) is 18.3 Å². The minimum Gasteiger partial charge on any atom is -0.387 e. The van der Waals surface area contributed by atoms with Crippen molar-refractivity contribution in [2.24, 2.45) is 0 Å². The molecule has 0 saturated carbocycles. The number of hydrogen-bond donors (Lipinski definition) is 1. The molecule has 4 nitrogen and oxygen atoms in total. The summed E-state index contributed by atoms with van der Waals surface area (Å²) in [7, 11) is 0. The van der Waals surface area contributed by atoms with Crippen molar-refractivity contribution in [1.29, 1.82) is 0 Å². The molecule has 8 heteroatoms. The number of alkyl halides is 3. The molecule has 0 spiro atoms. The first-order valence-electron chi connectivity index (χ1n) is 7.67. The second-order valence-corrected chi connectivity index (χ2v) is 6.73. The number of aliphatic hydroxyl groups excluding tert-OH is 1. The summed E-state index contributed by atoms with van der Waals surface area (Å²) in [5.74, 6) is 0. The molecule has 0 unspecified atom stereocenters. The Balaban J connectivity index is 1.53. The Bertz CT molecular complexity index is 654. The maximum atomic E-state index is 12.7. The molecule has 1 aromatic carbocycles. The van der Waals surface area contributed by atoms with E-state index in [-0.39, 0.29) is 0 Å². The van der Waals surface area contributed by atoms with Gasteiger partial charge in [-0.05, 0) is 5.56 Å². The molecular formula is C16H18F3N3OS. The SMILES string of the molecule is O[C@@H](CN1CCN(c2ncc(C(F)(F)F)s2)CC1)c1ccccc1. The first kappa shape index (κ1) is 17.2. The van der Waals surface area contributed by atoms with Gasteiger partial charge in [-0.15, -0.1) is 0 Å². The third-order valence-electron chi connectivity index (χ3n) is 4.03. The zero-order valence-corrected chi connectivity index (χ0v) is 13.7. The Labute approximate surface area is 142 Å². The summed E-state index contributed by atoms with van der Waals surface area (Å²) in [5, 5.41) is 10.7. The summed E-state index contributed by atoms with van der Waals surface area (Å²) in [6.45, 7) is 3.10. The normalized spacial score (nSPS) is 17.9. The van der Waals surface area contributed by atoms with Gasteiger partial charge in [0.2, 0.25) is 0 Å². The molecule has 0 bridgehead atoms. The van der Waals surface area contributed by atoms with Gasteiger partial charge < -0.3 is 10.0 Å². The minimum absolute atomic E-state index is 0.408. The molecule has 0 amide bonds. The van der Waals surface area contributed by atoms with Crippen LogP contribution in [0.25, 0.3) is 0 Å². The lowest BCUT2D eigenvalue weighted by molar-refractivity contribution is -0.134. The number of hydrogen-bond acceptors (Lipinski definition) is 5. The average Bonchev–Trinajstić information content (AvgIpc) is 3.07. The molecule has 1 saturated heterocycles. The van der Waals surface area contributed by atoms with Gasteiger partial charge in [0.1, 0.15) is 4.88 Å². The highest BCUT2D eigenvalue weighted by atomic mass is 32.1. The number of benzene rings is 1. The van der Waals surface area contributed by atoms with E-state index < -0.39 is 17.2 Å². The van der Waals surface area contributed by atoms with Crippen LogP contribution in [0, 0.1) is 0 Å². The second-order valence-electron chi connectivity index (χ2n) is 5.72. The van der Waals surface area contributed by atoms with Gasteiger partial charge in [-0.2, -0.15) is 13.2 Å². The lowest BCUT2D eigenvalue weighted by atomic mass is 10.1. The molecule has 1 atom stereocenters. The number of β-amino-alcohol motifs (C(OH)–C–C–N with tert-alkyl or cyclic N) is 1. The van der Waals surface area contributed by atoms with Crippen LogP contribution in [0.2, 0.25) is 0 Å². The van der Waals surface area contributed by atoms with Crippen molar-refractivity contribution in [3.05, 3.63) is 47.0 Å². The van der Waals surface area contributed by atoms with Crippen LogP contribution in [-0.4, -0.2) is 47.7 Å². The molecule has 0 aliphatic carbocycles. The fourth-order valence-electron chi connectivity index (χ4n) is 2.69. The van der Waals surface area contributed by atoms with Crippen LogP contribution in [-0.2, 0) is 6.18 Å². The van der Waals surface area contributed by atoms with Gasteiger partial charge in [-0.3, -0.25) is 4.90 Å². The topological polar surface area (TPSA) is 39.6 Å². The number of rotatable bonds is 4. The van der Waals surface area contributed by atoms with Crippen molar-refractivity contribution >= 4 is 16.5 Å². The van der Waals surface area contributed by atoms with Crippen molar-refractivity contribution in [1.82, 2.24) is 9.88 Å². The summed E-state index contributed by atoms with van der Waals surface area (Å²) < 4.78 is 38.0. The van der Waals surface area contributed by atoms with Crippen molar-refractivity contribution in [2.75, 3.05) is 37.6 Å². The molecule has 24 heavy (non-hydrogen) atoms. The number of thiazole rings is 1. The van der Waals surface area contributed by atoms with Gasteiger partial charge in [-0.1, -0.05) is 41.7 Å². The molecule has 1 aliphatic rings. The fraction of sp³-hybridized carbons (Fsp3) is 0.438. The predicted molar refractivity (Wildman–Crippen MR) is 87.2 cm³/mol. The Hall–Kier alpha value is -1.64. The van der Waals surface area contributed by atoms with Crippen LogP contribution in [0.15, 0.2) is 36.5 Å². The van der Waals surface area contributed by atoms with E-state index >= 15 is 0 Å². The second kappa shape index (κ2) is 7.08. The van der Waals surface area contributed by atoms with Crippen molar-refractivity contribution in [2.45, 2.75) is 12.3 Å². The summed E-state index contributed by atoms with van der Waals surface area (Å²) in [6.07, 6.45) is -4.00. The van der Waals surface area contributed by atoms with Gasteiger partial charge >= 0.3 is 6.18 Å². The zero-order chi connectivity index (χ0) is 17.2. The van der Waals surface area contributed by atoms with Crippen molar-refractivity contribution < 1.29 is 18.3 Å². The standard InChI is InChI=1S/C16H18F3N3OS/c17-16(18,19)14-10-20-15(24-14)22-8-6-21(7-9-22)11-13(23)12-4-2-1-3-5-12/h1-5,10,13,23H,6-9,11H2/t13-/m0/s1. The van der Waals surface area contributed by atoms with Crippen LogP contribution in [0.1, 0.15) is 16.5 Å². The van der Waals surface area contributed by atoms with Gasteiger partial charge in [0.05, 0.1) is 12.3 Å². The van der Waals surface area contributed by atoms with Crippen molar-refractivity contribution in [3.8, 4) is 0 Å². The monoisotopic (exact) mass is 357 g/mol. The van der Waals surface area contributed by atoms with E-state index in [9.17, 15) is 18.3 Å². The number of anilines is 1. The molecule has 3 rings (SSSR count). The Morgan fingerprint density at radius 2 is 1.79 bits per heavy atom.